The van der Waals surface area contributed by atoms with E-state index in [4.69, 9.17) is 17.3 Å². The number of halogens is 1. The maximum absolute atomic E-state index is 6.06. The number of likely N-dealkylation sites (tertiary alicyclic amines) is 2. The van der Waals surface area contributed by atoms with Gasteiger partial charge in [-0.2, -0.15) is 0 Å². The molecule has 116 valence electrons. The molecule has 0 spiro atoms. The number of rotatable bonds is 4. The van der Waals surface area contributed by atoms with Gasteiger partial charge >= 0.3 is 0 Å². The first kappa shape index (κ1) is 15.3. The molecule has 0 saturated carbocycles. The summed E-state index contributed by atoms with van der Waals surface area (Å²) < 4.78 is 0. The minimum atomic E-state index is 0.331. The van der Waals surface area contributed by atoms with Crippen molar-refractivity contribution >= 4 is 11.6 Å². The number of piperidine rings is 1. The van der Waals surface area contributed by atoms with Gasteiger partial charge in [-0.15, -0.1) is 0 Å². The summed E-state index contributed by atoms with van der Waals surface area (Å²) in [5.74, 6) is 0. The Morgan fingerprint density at radius 2 is 1.81 bits per heavy atom. The van der Waals surface area contributed by atoms with Crippen LogP contribution in [0.1, 0.15) is 37.3 Å². The maximum atomic E-state index is 6.06. The average molecular weight is 308 g/mol. The first-order chi connectivity index (χ1) is 10.3. The fraction of sp³-hybridized carbons (Fsp3) is 0.647. The molecule has 2 fully saturated rings. The highest BCUT2D eigenvalue weighted by Gasteiger charge is 2.32. The molecule has 1 aromatic rings. The van der Waals surface area contributed by atoms with E-state index in [0.29, 0.717) is 12.6 Å². The number of nitrogens with two attached hydrogens (primary N) is 1. The van der Waals surface area contributed by atoms with Gasteiger partial charge in [0.1, 0.15) is 0 Å². The van der Waals surface area contributed by atoms with E-state index in [0.717, 1.165) is 24.2 Å². The zero-order chi connectivity index (χ0) is 14.7. The summed E-state index contributed by atoms with van der Waals surface area (Å²) >= 11 is 5.99. The van der Waals surface area contributed by atoms with E-state index in [-0.39, 0.29) is 0 Å². The molecule has 21 heavy (non-hydrogen) atoms. The standard InChI is InChI=1S/C17H26ClN3/c18-15-6-4-14(5-7-15)17(12-19)21-11-8-16(13-21)20-9-2-1-3-10-20/h4-7,16-17H,1-3,8-13,19H2. The fourth-order valence-electron chi connectivity index (χ4n) is 3.81. The van der Waals surface area contributed by atoms with E-state index < -0.39 is 0 Å². The van der Waals surface area contributed by atoms with E-state index in [9.17, 15) is 0 Å². The first-order valence-electron chi connectivity index (χ1n) is 8.21. The van der Waals surface area contributed by atoms with Crippen molar-refractivity contribution in [3.63, 3.8) is 0 Å². The van der Waals surface area contributed by atoms with Crippen molar-refractivity contribution in [3.8, 4) is 0 Å². The molecule has 3 nitrogen and oxygen atoms in total. The van der Waals surface area contributed by atoms with Crippen LogP contribution in [0.25, 0.3) is 0 Å². The monoisotopic (exact) mass is 307 g/mol. The molecule has 0 bridgehead atoms. The van der Waals surface area contributed by atoms with E-state index in [1.54, 1.807) is 0 Å². The van der Waals surface area contributed by atoms with Gasteiger partial charge in [-0.25, -0.2) is 0 Å². The molecule has 3 rings (SSSR count). The van der Waals surface area contributed by atoms with E-state index >= 15 is 0 Å². The topological polar surface area (TPSA) is 32.5 Å². The van der Waals surface area contributed by atoms with Gasteiger partial charge < -0.3 is 5.73 Å². The molecule has 2 heterocycles. The summed E-state index contributed by atoms with van der Waals surface area (Å²) in [5, 5.41) is 0.794. The average Bonchev–Trinajstić information content (AvgIpc) is 3.00. The van der Waals surface area contributed by atoms with Crippen molar-refractivity contribution in [2.45, 2.75) is 37.8 Å². The molecule has 0 amide bonds. The largest absolute Gasteiger partial charge is 0.329 e. The lowest BCUT2D eigenvalue weighted by atomic mass is 10.1. The summed E-state index contributed by atoms with van der Waals surface area (Å²) in [4.78, 5) is 5.25. The van der Waals surface area contributed by atoms with Crippen LogP contribution in [0.5, 0.6) is 0 Å². The lowest BCUT2D eigenvalue weighted by molar-refractivity contribution is 0.153. The van der Waals surface area contributed by atoms with Gasteiger partial charge in [0.15, 0.2) is 0 Å². The number of hydrogen-bond donors (Lipinski definition) is 1. The van der Waals surface area contributed by atoms with Crippen molar-refractivity contribution in [1.29, 1.82) is 0 Å². The predicted octanol–water partition coefficient (Wildman–Crippen LogP) is 2.90. The first-order valence-corrected chi connectivity index (χ1v) is 8.59. The molecule has 2 aliphatic heterocycles. The molecule has 0 radical (unpaired) electrons. The van der Waals surface area contributed by atoms with Crippen molar-refractivity contribution in [2.24, 2.45) is 5.73 Å². The number of benzene rings is 1. The molecule has 2 aliphatic rings. The van der Waals surface area contributed by atoms with Crippen LogP contribution in [0, 0.1) is 0 Å². The van der Waals surface area contributed by atoms with Gasteiger partial charge in [-0.3, -0.25) is 9.80 Å². The highest BCUT2D eigenvalue weighted by atomic mass is 35.5. The second-order valence-corrected chi connectivity index (χ2v) is 6.77. The van der Waals surface area contributed by atoms with Crippen LogP contribution in [0.2, 0.25) is 5.02 Å². The van der Waals surface area contributed by atoms with Crippen LogP contribution >= 0.6 is 11.6 Å². The minimum absolute atomic E-state index is 0.331. The van der Waals surface area contributed by atoms with Crippen molar-refractivity contribution in [2.75, 3.05) is 32.7 Å². The number of nitrogens with zero attached hydrogens (tertiary/aromatic N) is 2. The normalized spacial score (nSPS) is 26.1. The molecular formula is C17H26ClN3. The maximum Gasteiger partial charge on any atom is 0.0471 e. The number of hydrogen-bond acceptors (Lipinski definition) is 3. The van der Waals surface area contributed by atoms with E-state index in [2.05, 4.69) is 21.9 Å². The second kappa shape index (κ2) is 7.10. The quantitative estimate of drug-likeness (QED) is 0.928. The van der Waals surface area contributed by atoms with Crippen molar-refractivity contribution < 1.29 is 0 Å². The Balaban J connectivity index is 1.64. The van der Waals surface area contributed by atoms with Crippen molar-refractivity contribution in [3.05, 3.63) is 34.9 Å². The zero-order valence-corrected chi connectivity index (χ0v) is 13.4. The Labute approximate surface area is 133 Å². The van der Waals surface area contributed by atoms with Gasteiger partial charge in [0.05, 0.1) is 0 Å². The summed E-state index contributed by atoms with van der Waals surface area (Å²) in [5.41, 5.74) is 7.35. The highest BCUT2D eigenvalue weighted by molar-refractivity contribution is 6.30. The van der Waals surface area contributed by atoms with Crippen LogP contribution < -0.4 is 5.73 Å². The van der Waals surface area contributed by atoms with Crippen LogP contribution in [-0.2, 0) is 0 Å². The molecule has 2 N–H and O–H groups in total. The van der Waals surface area contributed by atoms with Crippen LogP contribution in [0.15, 0.2) is 24.3 Å². The molecule has 2 unspecified atom stereocenters. The summed E-state index contributed by atoms with van der Waals surface area (Å²) in [6.07, 6.45) is 5.43. The van der Waals surface area contributed by atoms with Crippen molar-refractivity contribution in [1.82, 2.24) is 9.80 Å². The lowest BCUT2D eigenvalue weighted by Gasteiger charge is -2.33. The van der Waals surface area contributed by atoms with Crippen LogP contribution in [0.4, 0.5) is 0 Å². The van der Waals surface area contributed by atoms with Gasteiger partial charge in [0.2, 0.25) is 0 Å². The minimum Gasteiger partial charge on any atom is -0.329 e. The molecule has 4 heteroatoms. The van der Waals surface area contributed by atoms with Crippen LogP contribution in [-0.4, -0.2) is 48.6 Å². The summed E-state index contributed by atoms with van der Waals surface area (Å²) in [6.45, 7) is 5.56. The molecule has 2 saturated heterocycles. The molecule has 2 atom stereocenters. The molecule has 1 aromatic carbocycles. The smallest absolute Gasteiger partial charge is 0.0471 e. The van der Waals surface area contributed by atoms with Gasteiger partial charge in [-0.1, -0.05) is 30.2 Å². The zero-order valence-electron chi connectivity index (χ0n) is 12.7. The Kier molecular flexibility index (Phi) is 5.17. The third-order valence-corrected chi connectivity index (χ3v) is 5.27. The summed E-state index contributed by atoms with van der Waals surface area (Å²) in [6, 6.07) is 9.24. The Morgan fingerprint density at radius 3 is 2.48 bits per heavy atom. The molecule has 0 aromatic heterocycles. The van der Waals surface area contributed by atoms with Crippen LogP contribution in [0.3, 0.4) is 0 Å². The predicted molar refractivity (Wildman–Crippen MR) is 88.6 cm³/mol. The third kappa shape index (κ3) is 3.59. The lowest BCUT2D eigenvalue weighted by Crippen LogP contribution is -2.42. The van der Waals surface area contributed by atoms with E-state index in [1.807, 2.05) is 12.1 Å². The molecular weight excluding hydrogens is 282 g/mol. The Bertz CT molecular complexity index is 442. The van der Waals surface area contributed by atoms with Gasteiger partial charge in [0, 0.05) is 36.7 Å². The highest BCUT2D eigenvalue weighted by Crippen LogP contribution is 2.28. The molecule has 0 aliphatic carbocycles. The SMILES string of the molecule is NCC(c1ccc(Cl)cc1)N1CCC(N2CCCCC2)C1. The summed E-state index contributed by atoms with van der Waals surface area (Å²) in [7, 11) is 0. The second-order valence-electron chi connectivity index (χ2n) is 6.34. The van der Waals surface area contributed by atoms with Gasteiger partial charge in [0.25, 0.3) is 0 Å². The third-order valence-electron chi connectivity index (χ3n) is 5.02. The fourth-order valence-corrected chi connectivity index (χ4v) is 3.94. The van der Waals surface area contributed by atoms with Gasteiger partial charge in [-0.05, 0) is 50.0 Å². The Hall–Kier alpha value is -0.610. The Morgan fingerprint density at radius 1 is 1.10 bits per heavy atom. The van der Waals surface area contributed by atoms with E-state index in [1.165, 1.54) is 44.3 Å².